The van der Waals surface area contributed by atoms with Gasteiger partial charge in [0.05, 0.1) is 50.6 Å². The SMILES string of the molecule is COc1cc(OC)c(Cl)c(Nc2ncccc2-c2ncnc(Nc3ccc(N4CCOCC4)nc3)n2)c1Cl. The molecule has 2 N–H and O–H groups in total. The molecule has 11 nitrogen and oxygen atoms in total. The fourth-order valence-electron chi connectivity index (χ4n) is 3.85. The van der Waals surface area contributed by atoms with Crippen molar-refractivity contribution in [1.82, 2.24) is 24.9 Å². The van der Waals surface area contributed by atoms with Crippen LogP contribution in [0.25, 0.3) is 11.4 Å². The summed E-state index contributed by atoms with van der Waals surface area (Å²) in [5.74, 6) is 2.86. The fraction of sp³-hybridized carbons (Fsp3) is 0.240. The Morgan fingerprint density at radius 1 is 0.921 bits per heavy atom. The quantitative estimate of drug-likeness (QED) is 0.307. The van der Waals surface area contributed by atoms with Crippen molar-refractivity contribution in [3.8, 4) is 22.9 Å². The molecule has 1 fully saturated rings. The first-order valence-electron chi connectivity index (χ1n) is 11.6. The summed E-state index contributed by atoms with van der Waals surface area (Å²) in [6.45, 7) is 3.03. The zero-order valence-corrected chi connectivity index (χ0v) is 22.1. The Bertz CT molecular complexity index is 1390. The molecule has 0 unspecified atom stereocenters. The van der Waals surface area contributed by atoms with Crippen molar-refractivity contribution in [2.75, 3.05) is 56.1 Å². The summed E-state index contributed by atoms with van der Waals surface area (Å²) in [4.78, 5) is 24.4. The molecule has 4 heterocycles. The van der Waals surface area contributed by atoms with E-state index in [1.54, 1.807) is 24.5 Å². The molecular weight excluding hydrogens is 531 g/mol. The molecule has 1 saturated heterocycles. The maximum Gasteiger partial charge on any atom is 0.230 e. The molecule has 3 aromatic heterocycles. The number of morpholine rings is 1. The minimum Gasteiger partial charge on any atom is -0.495 e. The van der Waals surface area contributed by atoms with E-state index in [9.17, 15) is 0 Å². The molecule has 0 amide bonds. The zero-order valence-electron chi connectivity index (χ0n) is 20.6. The highest BCUT2D eigenvalue weighted by Crippen LogP contribution is 2.45. The highest BCUT2D eigenvalue weighted by atomic mass is 35.5. The summed E-state index contributed by atoms with van der Waals surface area (Å²) < 4.78 is 16.1. The summed E-state index contributed by atoms with van der Waals surface area (Å²) in [5.41, 5.74) is 1.72. The monoisotopic (exact) mass is 554 g/mol. The Balaban J connectivity index is 1.40. The molecule has 0 bridgehead atoms. The van der Waals surface area contributed by atoms with Crippen molar-refractivity contribution >= 4 is 52.2 Å². The highest BCUT2D eigenvalue weighted by molar-refractivity contribution is 6.41. The maximum atomic E-state index is 6.55. The van der Waals surface area contributed by atoms with E-state index < -0.39 is 0 Å². The van der Waals surface area contributed by atoms with Crippen molar-refractivity contribution in [3.63, 3.8) is 0 Å². The van der Waals surface area contributed by atoms with Gasteiger partial charge in [-0.1, -0.05) is 23.2 Å². The van der Waals surface area contributed by atoms with Crippen molar-refractivity contribution in [2.45, 2.75) is 0 Å². The van der Waals surface area contributed by atoms with Crippen LogP contribution >= 0.6 is 23.2 Å². The lowest BCUT2D eigenvalue weighted by atomic mass is 10.2. The van der Waals surface area contributed by atoms with Gasteiger partial charge in [-0.25, -0.2) is 19.9 Å². The number of nitrogens with one attached hydrogen (secondary N) is 2. The van der Waals surface area contributed by atoms with Gasteiger partial charge in [-0.05, 0) is 24.3 Å². The van der Waals surface area contributed by atoms with E-state index in [4.69, 9.17) is 37.4 Å². The molecule has 1 aliphatic heterocycles. The second-order valence-corrected chi connectivity index (χ2v) is 8.83. The number of hydrogen-bond acceptors (Lipinski definition) is 11. The first kappa shape index (κ1) is 25.7. The third-order valence-electron chi connectivity index (χ3n) is 5.78. The molecule has 4 aromatic rings. The van der Waals surface area contributed by atoms with Crippen LogP contribution in [-0.2, 0) is 4.74 Å². The Hall–Kier alpha value is -3.93. The molecule has 196 valence electrons. The molecule has 0 atom stereocenters. The van der Waals surface area contributed by atoms with Gasteiger partial charge >= 0.3 is 0 Å². The van der Waals surface area contributed by atoms with Crippen LogP contribution in [0.1, 0.15) is 0 Å². The van der Waals surface area contributed by atoms with Gasteiger partial charge in [0.25, 0.3) is 0 Å². The first-order chi connectivity index (χ1) is 18.6. The van der Waals surface area contributed by atoms with E-state index in [0.717, 1.165) is 24.6 Å². The van der Waals surface area contributed by atoms with Crippen LogP contribution in [0.5, 0.6) is 11.5 Å². The molecule has 1 aliphatic rings. The van der Waals surface area contributed by atoms with Gasteiger partial charge in [0.15, 0.2) is 5.82 Å². The Kier molecular flexibility index (Phi) is 7.87. The average Bonchev–Trinajstić information content (AvgIpc) is 2.97. The zero-order chi connectivity index (χ0) is 26.5. The highest BCUT2D eigenvalue weighted by Gasteiger charge is 2.20. The standard InChI is InChI=1S/C25H24Cl2N8O3/c1-36-17-12-18(37-2)21(27)22(20(17)26)33-23-16(4-3-7-28-23)24-30-14-31-25(34-24)32-15-5-6-19(29-13-15)35-8-10-38-11-9-35/h3-7,12-14H,8-11H2,1-2H3,(H,28,33)(H,30,31,32,34). The Labute approximate surface area is 229 Å². The second-order valence-electron chi connectivity index (χ2n) is 8.07. The number of methoxy groups -OCH3 is 2. The van der Waals surface area contributed by atoms with E-state index in [1.807, 2.05) is 18.2 Å². The minimum atomic E-state index is 0.279. The molecular formula is C25H24Cl2N8O3. The second kappa shape index (κ2) is 11.6. The van der Waals surface area contributed by atoms with Gasteiger partial charge in [0.1, 0.15) is 39.5 Å². The Morgan fingerprint density at radius 3 is 2.37 bits per heavy atom. The average molecular weight is 555 g/mol. The predicted molar refractivity (Wildman–Crippen MR) is 146 cm³/mol. The smallest absolute Gasteiger partial charge is 0.230 e. The summed E-state index contributed by atoms with van der Waals surface area (Å²) in [5, 5.41) is 6.92. The van der Waals surface area contributed by atoms with Crippen LogP contribution in [0.4, 0.5) is 29.0 Å². The van der Waals surface area contributed by atoms with Crippen LogP contribution in [0.3, 0.4) is 0 Å². The molecule has 5 rings (SSSR count). The number of rotatable bonds is 8. The summed E-state index contributed by atoms with van der Waals surface area (Å²) in [7, 11) is 3.02. The van der Waals surface area contributed by atoms with E-state index in [1.165, 1.54) is 20.5 Å². The number of halogens is 2. The molecule has 38 heavy (non-hydrogen) atoms. The molecule has 1 aromatic carbocycles. The van der Waals surface area contributed by atoms with Crippen LogP contribution in [0.15, 0.2) is 49.1 Å². The third kappa shape index (κ3) is 5.49. The fourth-order valence-corrected chi connectivity index (χ4v) is 4.45. The van der Waals surface area contributed by atoms with Crippen LogP contribution in [-0.4, -0.2) is 65.4 Å². The number of pyridine rings is 2. The predicted octanol–water partition coefficient (Wildman–Crippen LogP) is 4.98. The van der Waals surface area contributed by atoms with E-state index >= 15 is 0 Å². The summed E-state index contributed by atoms with van der Waals surface area (Å²) in [6.07, 6.45) is 4.80. The molecule has 0 radical (unpaired) electrons. The lowest BCUT2D eigenvalue weighted by Crippen LogP contribution is -2.36. The number of aromatic nitrogens is 5. The van der Waals surface area contributed by atoms with Gasteiger partial charge in [-0.2, -0.15) is 4.98 Å². The third-order valence-corrected chi connectivity index (χ3v) is 6.53. The molecule has 13 heteroatoms. The van der Waals surface area contributed by atoms with Crippen molar-refractivity contribution in [1.29, 1.82) is 0 Å². The number of anilines is 5. The number of ether oxygens (including phenoxy) is 3. The lowest BCUT2D eigenvalue weighted by molar-refractivity contribution is 0.122. The van der Waals surface area contributed by atoms with Crippen molar-refractivity contribution in [3.05, 3.63) is 59.1 Å². The minimum absolute atomic E-state index is 0.279. The summed E-state index contributed by atoms with van der Waals surface area (Å²) in [6, 6.07) is 9.10. The van der Waals surface area contributed by atoms with Gasteiger partial charge in [0, 0.05) is 25.4 Å². The van der Waals surface area contributed by atoms with Gasteiger partial charge in [0.2, 0.25) is 5.95 Å². The maximum absolute atomic E-state index is 6.55. The number of hydrogen-bond donors (Lipinski definition) is 2. The molecule has 0 aliphatic carbocycles. The lowest BCUT2D eigenvalue weighted by Gasteiger charge is -2.27. The van der Waals surface area contributed by atoms with E-state index in [0.29, 0.717) is 53.6 Å². The topological polar surface area (TPSA) is 119 Å². The molecule has 0 saturated carbocycles. The number of benzene rings is 1. The first-order valence-corrected chi connectivity index (χ1v) is 12.4. The Morgan fingerprint density at radius 2 is 1.68 bits per heavy atom. The van der Waals surface area contributed by atoms with E-state index in [2.05, 4.69) is 40.5 Å². The normalized spacial score (nSPS) is 13.2. The van der Waals surface area contributed by atoms with Crippen LogP contribution in [0, 0.1) is 0 Å². The van der Waals surface area contributed by atoms with Crippen molar-refractivity contribution < 1.29 is 14.2 Å². The van der Waals surface area contributed by atoms with E-state index in [-0.39, 0.29) is 10.0 Å². The number of nitrogens with zero attached hydrogens (tertiary/aromatic N) is 6. The largest absolute Gasteiger partial charge is 0.495 e. The van der Waals surface area contributed by atoms with Crippen LogP contribution < -0.4 is 25.0 Å². The molecule has 0 spiro atoms. The van der Waals surface area contributed by atoms with Gasteiger partial charge < -0.3 is 29.7 Å². The summed E-state index contributed by atoms with van der Waals surface area (Å²) >= 11 is 13.1. The van der Waals surface area contributed by atoms with Gasteiger partial charge in [-0.3, -0.25) is 0 Å². The van der Waals surface area contributed by atoms with Crippen LogP contribution in [0.2, 0.25) is 10.0 Å². The van der Waals surface area contributed by atoms with Crippen molar-refractivity contribution in [2.24, 2.45) is 0 Å². The van der Waals surface area contributed by atoms with Gasteiger partial charge in [-0.15, -0.1) is 0 Å².